The quantitative estimate of drug-likeness (QED) is 0.573. The van der Waals surface area contributed by atoms with Crippen LogP contribution in [0.15, 0.2) is 18.3 Å². The molecule has 1 heterocycles. The van der Waals surface area contributed by atoms with Crippen LogP contribution in [-0.2, 0) is 4.74 Å². The molecule has 0 radical (unpaired) electrons. The summed E-state index contributed by atoms with van der Waals surface area (Å²) in [6.07, 6.45) is 6.75. The lowest BCUT2D eigenvalue weighted by atomic mass is 10.1. The Balaban J connectivity index is 2.92. The van der Waals surface area contributed by atoms with Crippen molar-refractivity contribution < 1.29 is 14.3 Å². The molecule has 0 N–H and O–H groups in total. The van der Waals surface area contributed by atoms with Crippen LogP contribution in [0, 0.1) is 12.3 Å². The lowest BCUT2D eigenvalue weighted by Crippen LogP contribution is -2.26. The normalized spacial score (nSPS) is 10.4. The number of ether oxygens (including phenoxy) is 2. The van der Waals surface area contributed by atoms with Crippen molar-refractivity contribution in [3.8, 4) is 18.2 Å². The molecule has 0 amide bonds. The Kier molecular flexibility index (Phi) is 3.51. The van der Waals surface area contributed by atoms with Crippen LogP contribution in [0.3, 0.4) is 0 Å². The lowest BCUT2D eigenvalue weighted by molar-refractivity contribution is 0.0599. The zero-order valence-corrected chi connectivity index (χ0v) is 9.48. The number of pyridine rings is 1. The molecule has 1 aromatic rings. The number of hydrogen-bond donors (Lipinski definition) is 0. The third-order valence-corrected chi connectivity index (χ3v) is 1.86. The van der Waals surface area contributed by atoms with Gasteiger partial charge in [-0.2, -0.15) is 0 Å². The molecule has 0 aliphatic heterocycles. The average Bonchev–Trinajstić information content (AvgIpc) is 2.28. The highest BCUT2D eigenvalue weighted by Gasteiger charge is 2.17. The minimum absolute atomic E-state index is 0.297. The summed E-state index contributed by atoms with van der Waals surface area (Å²) in [5.74, 6) is 2.33. The van der Waals surface area contributed by atoms with Crippen LogP contribution in [0.25, 0.3) is 0 Å². The van der Waals surface area contributed by atoms with Gasteiger partial charge in [0.2, 0.25) is 5.88 Å². The first-order valence-corrected chi connectivity index (χ1v) is 4.69. The highest BCUT2D eigenvalue weighted by Crippen LogP contribution is 2.16. The largest absolute Gasteiger partial charge is 0.465 e. The van der Waals surface area contributed by atoms with E-state index in [9.17, 15) is 4.79 Å². The van der Waals surface area contributed by atoms with Crippen molar-refractivity contribution in [2.24, 2.45) is 0 Å². The zero-order chi connectivity index (χ0) is 12.2. The fourth-order valence-corrected chi connectivity index (χ4v) is 1.00. The van der Waals surface area contributed by atoms with Crippen LogP contribution in [-0.4, -0.2) is 23.7 Å². The van der Waals surface area contributed by atoms with E-state index in [2.05, 4.69) is 15.6 Å². The van der Waals surface area contributed by atoms with Gasteiger partial charge in [0.25, 0.3) is 0 Å². The number of esters is 1. The second kappa shape index (κ2) is 4.67. The van der Waals surface area contributed by atoms with Gasteiger partial charge in [-0.05, 0) is 19.9 Å². The summed E-state index contributed by atoms with van der Waals surface area (Å²) in [4.78, 5) is 15.2. The SMILES string of the molecule is C#CC(C)(C)Oc1cc(C(=O)OC)ccn1. The average molecular weight is 219 g/mol. The summed E-state index contributed by atoms with van der Waals surface area (Å²) in [5, 5.41) is 0. The number of aromatic nitrogens is 1. The van der Waals surface area contributed by atoms with Gasteiger partial charge in [0.15, 0.2) is 5.60 Å². The Morgan fingerprint density at radius 1 is 1.56 bits per heavy atom. The van der Waals surface area contributed by atoms with Gasteiger partial charge in [0.05, 0.1) is 12.7 Å². The van der Waals surface area contributed by atoms with Crippen molar-refractivity contribution in [3.63, 3.8) is 0 Å². The highest BCUT2D eigenvalue weighted by atomic mass is 16.5. The summed E-state index contributed by atoms with van der Waals surface area (Å²) in [6.45, 7) is 3.47. The molecule has 0 spiro atoms. The monoisotopic (exact) mass is 219 g/mol. The van der Waals surface area contributed by atoms with Gasteiger partial charge in [-0.3, -0.25) is 0 Å². The number of hydrogen-bond acceptors (Lipinski definition) is 4. The third-order valence-electron chi connectivity index (χ3n) is 1.86. The van der Waals surface area contributed by atoms with E-state index in [1.165, 1.54) is 19.4 Å². The maximum absolute atomic E-state index is 11.3. The van der Waals surface area contributed by atoms with E-state index in [-0.39, 0.29) is 0 Å². The summed E-state index contributed by atoms with van der Waals surface area (Å²) < 4.78 is 10.0. The highest BCUT2D eigenvalue weighted by molar-refractivity contribution is 5.89. The Labute approximate surface area is 94.6 Å². The zero-order valence-electron chi connectivity index (χ0n) is 9.48. The molecule has 4 heteroatoms. The van der Waals surface area contributed by atoms with E-state index < -0.39 is 11.6 Å². The maximum Gasteiger partial charge on any atom is 0.338 e. The molecule has 1 rings (SSSR count). The van der Waals surface area contributed by atoms with E-state index in [1.54, 1.807) is 19.9 Å². The molecule has 0 bridgehead atoms. The van der Waals surface area contributed by atoms with Gasteiger partial charge in [0, 0.05) is 12.3 Å². The lowest BCUT2D eigenvalue weighted by Gasteiger charge is -2.19. The molecule has 1 aromatic heterocycles. The Morgan fingerprint density at radius 2 is 2.25 bits per heavy atom. The number of rotatable bonds is 3. The van der Waals surface area contributed by atoms with Crippen molar-refractivity contribution in [1.82, 2.24) is 4.98 Å². The molecule has 84 valence electrons. The molecule has 0 saturated heterocycles. The Morgan fingerprint density at radius 3 is 2.81 bits per heavy atom. The van der Waals surface area contributed by atoms with E-state index in [0.29, 0.717) is 11.4 Å². The number of nitrogens with zero attached hydrogens (tertiary/aromatic N) is 1. The first kappa shape index (κ1) is 12.1. The summed E-state index contributed by atoms with van der Waals surface area (Å²) >= 11 is 0. The van der Waals surface area contributed by atoms with E-state index in [1.807, 2.05) is 0 Å². The van der Waals surface area contributed by atoms with Gasteiger partial charge in [-0.25, -0.2) is 9.78 Å². The summed E-state index contributed by atoms with van der Waals surface area (Å²) in [5.41, 5.74) is -0.387. The van der Waals surface area contributed by atoms with Crippen LogP contribution >= 0.6 is 0 Å². The molecular formula is C12H13NO3. The number of carbonyl (C=O) groups is 1. The van der Waals surface area contributed by atoms with Crippen LogP contribution in [0.5, 0.6) is 5.88 Å². The maximum atomic E-state index is 11.3. The third kappa shape index (κ3) is 2.99. The fraction of sp³-hybridized carbons (Fsp3) is 0.333. The first-order chi connectivity index (χ1) is 7.48. The second-order valence-corrected chi connectivity index (χ2v) is 3.63. The number of methoxy groups -OCH3 is 1. The molecule has 0 aromatic carbocycles. The van der Waals surface area contributed by atoms with Crippen molar-refractivity contribution in [2.75, 3.05) is 7.11 Å². The fourth-order valence-electron chi connectivity index (χ4n) is 1.00. The van der Waals surface area contributed by atoms with Gasteiger partial charge in [0.1, 0.15) is 0 Å². The second-order valence-electron chi connectivity index (χ2n) is 3.63. The number of carbonyl (C=O) groups excluding carboxylic acids is 1. The molecule has 0 saturated carbocycles. The molecular weight excluding hydrogens is 206 g/mol. The van der Waals surface area contributed by atoms with Crippen LogP contribution in [0.2, 0.25) is 0 Å². The van der Waals surface area contributed by atoms with Crippen LogP contribution in [0.1, 0.15) is 24.2 Å². The van der Waals surface area contributed by atoms with Crippen molar-refractivity contribution in [2.45, 2.75) is 19.4 Å². The smallest absolute Gasteiger partial charge is 0.338 e. The number of terminal acetylenes is 1. The Bertz CT molecular complexity index is 432. The standard InChI is InChI=1S/C12H13NO3/c1-5-12(2,3)16-10-8-9(6-7-13-10)11(14)15-4/h1,6-8H,2-4H3. The topological polar surface area (TPSA) is 48.4 Å². The van der Waals surface area contributed by atoms with Crippen molar-refractivity contribution in [1.29, 1.82) is 0 Å². The van der Waals surface area contributed by atoms with Crippen LogP contribution in [0.4, 0.5) is 0 Å². The van der Waals surface area contributed by atoms with E-state index >= 15 is 0 Å². The van der Waals surface area contributed by atoms with Gasteiger partial charge >= 0.3 is 5.97 Å². The molecule has 0 aliphatic rings. The van der Waals surface area contributed by atoms with Crippen LogP contribution < -0.4 is 4.74 Å². The van der Waals surface area contributed by atoms with Crippen molar-refractivity contribution >= 4 is 5.97 Å². The minimum atomic E-state index is -0.762. The van der Waals surface area contributed by atoms with Gasteiger partial charge in [-0.15, -0.1) is 6.42 Å². The predicted octanol–water partition coefficient (Wildman–Crippen LogP) is 1.66. The van der Waals surface area contributed by atoms with Crippen molar-refractivity contribution in [3.05, 3.63) is 23.9 Å². The van der Waals surface area contributed by atoms with E-state index in [4.69, 9.17) is 11.2 Å². The van der Waals surface area contributed by atoms with Gasteiger partial charge in [-0.1, -0.05) is 5.92 Å². The molecule has 0 aliphatic carbocycles. The molecule has 0 unspecified atom stereocenters. The van der Waals surface area contributed by atoms with Gasteiger partial charge < -0.3 is 9.47 Å². The van der Waals surface area contributed by atoms with E-state index in [0.717, 1.165) is 0 Å². The molecule has 0 fully saturated rings. The Hall–Kier alpha value is -2.02. The molecule has 16 heavy (non-hydrogen) atoms. The summed E-state index contributed by atoms with van der Waals surface area (Å²) in [7, 11) is 1.31. The first-order valence-electron chi connectivity index (χ1n) is 4.69. The molecule has 0 atom stereocenters. The summed E-state index contributed by atoms with van der Waals surface area (Å²) in [6, 6.07) is 3.03. The molecule has 4 nitrogen and oxygen atoms in total. The minimum Gasteiger partial charge on any atom is -0.465 e. The predicted molar refractivity (Wildman–Crippen MR) is 59.1 cm³/mol.